The molecule has 2 aliphatic heterocycles. The van der Waals surface area contributed by atoms with E-state index in [4.69, 9.17) is 28.4 Å². The van der Waals surface area contributed by atoms with E-state index < -0.39 is 12.0 Å². The molecule has 9 heteroatoms. The molecule has 2 aliphatic rings. The van der Waals surface area contributed by atoms with E-state index in [2.05, 4.69) is 0 Å². The molecule has 0 saturated heterocycles. The highest BCUT2D eigenvalue weighted by Gasteiger charge is 2.34. The first-order chi connectivity index (χ1) is 18.0. The highest BCUT2D eigenvalue weighted by atomic mass is 16.7. The average Bonchev–Trinajstić information content (AvgIpc) is 3.42. The summed E-state index contributed by atoms with van der Waals surface area (Å²) >= 11 is 0. The van der Waals surface area contributed by atoms with Gasteiger partial charge >= 0.3 is 5.97 Å². The van der Waals surface area contributed by atoms with Crippen molar-refractivity contribution in [3.8, 4) is 28.7 Å². The highest BCUT2D eigenvalue weighted by Crippen LogP contribution is 2.40. The second kappa shape index (κ2) is 10.3. The Morgan fingerprint density at radius 1 is 0.892 bits per heavy atom. The van der Waals surface area contributed by atoms with Crippen molar-refractivity contribution in [2.24, 2.45) is 0 Å². The Bertz CT molecular complexity index is 1320. The number of fused-ring (bicyclic) bond motifs is 2. The van der Waals surface area contributed by atoms with Gasteiger partial charge in [0.1, 0.15) is 12.4 Å². The minimum Gasteiger partial charge on any atom is -0.493 e. The van der Waals surface area contributed by atoms with E-state index in [0.29, 0.717) is 52.8 Å². The van der Waals surface area contributed by atoms with E-state index in [1.807, 2.05) is 12.1 Å². The molecule has 0 spiro atoms. The molecule has 0 bridgehead atoms. The first-order valence-corrected chi connectivity index (χ1v) is 11.8. The predicted octanol–water partition coefficient (Wildman–Crippen LogP) is 4.04. The number of nitrogens with zero attached hydrogens (tertiary/aromatic N) is 1. The number of esters is 1. The largest absolute Gasteiger partial charge is 0.493 e. The summed E-state index contributed by atoms with van der Waals surface area (Å²) in [6, 6.07) is 15.3. The van der Waals surface area contributed by atoms with Crippen molar-refractivity contribution in [3.05, 3.63) is 76.9 Å². The SMILES string of the molecule is COC(=O)c1ccc(OC[C@H]2c3cc(OC)c(OC)cc3CCN2C(=O)c2ccc3c(c2)OCO3)cc1. The lowest BCUT2D eigenvalue weighted by Gasteiger charge is -2.37. The molecule has 0 saturated carbocycles. The molecule has 3 aromatic rings. The third-order valence-corrected chi connectivity index (χ3v) is 6.57. The fourth-order valence-electron chi connectivity index (χ4n) is 4.63. The quantitative estimate of drug-likeness (QED) is 0.445. The molecular weight excluding hydrogens is 478 g/mol. The van der Waals surface area contributed by atoms with E-state index in [0.717, 1.165) is 11.1 Å². The summed E-state index contributed by atoms with van der Waals surface area (Å²) in [6.07, 6.45) is 0.649. The first kappa shape index (κ1) is 24.3. The third kappa shape index (κ3) is 4.72. The molecule has 37 heavy (non-hydrogen) atoms. The van der Waals surface area contributed by atoms with Crippen molar-refractivity contribution in [2.75, 3.05) is 41.3 Å². The lowest BCUT2D eigenvalue weighted by atomic mass is 9.91. The molecule has 0 aliphatic carbocycles. The molecule has 1 amide bonds. The van der Waals surface area contributed by atoms with Gasteiger partial charge in [-0.1, -0.05) is 0 Å². The Kier molecular flexibility index (Phi) is 6.76. The van der Waals surface area contributed by atoms with Gasteiger partial charge in [-0.25, -0.2) is 4.79 Å². The van der Waals surface area contributed by atoms with Crippen molar-refractivity contribution in [1.29, 1.82) is 0 Å². The number of methoxy groups -OCH3 is 3. The van der Waals surface area contributed by atoms with Crippen LogP contribution in [0.3, 0.4) is 0 Å². The first-order valence-electron chi connectivity index (χ1n) is 11.8. The summed E-state index contributed by atoms with van der Waals surface area (Å²) in [6.45, 7) is 0.818. The van der Waals surface area contributed by atoms with Crippen LogP contribution in [0.5, 0.6) is 28.7 Å². The summed E-state index contributed by atoms with van der Waals surface area (Å²) in [5, 5.41) is 0. The van der Waals surface area contributed by atoms with E-state index in [1.54, 1.807) is 61.6 Å². The van der Waals surface area contributed by atoms with Gasteiger partial charge in [-0.05, 0) is 72.1 Å². The van der Waals surface area contributed by atoms with Crippen molar-refractivity contribution >= 4 is 11.9 Å². The van der Waals surface area contributed by atoms with E-state index >= 15 is 0 Å². The molecule has 0 aromatic heterocycles. The van der Waals surface area contributed by atoms with Crippen LogP contribution >= 0.6 is 0 Å². The van der Waals surface area contributed by atoms with Crippen LogP contribution in [0.2, 0.25) is 0 Å². The highest BCUT2D eigenvalue weighted by molar-refractivity contribution is 5.95. The van der Waals surface area contributed by atoms with E-state index in [9.17, 15) is 9.59 Å². The maximum Gasteiger partial charge on any atom is 0.337 e. The summed E-state index contributed by atoms with van der Waals surface area (Å²) in [4.78, 5) is 27.3. The maximum atomic E-state index is 13.7. The maximum absolute atomic E-state index is 13.7. The number of amides is 1. The molecule has 5 rings (SSSR count). The Labute approximate surface area is 214 Å². The molecular formula is C28H27NO8. The van der Waals surface area contributed by atoms with Crippen LogP contribution in [0.1, 0.15) is 37.9 Å². The van der Waals surface area contributed by atoms with Crippen molar-refractivity contribution in [3.63, 3.8) is 0 Å². The number of rotatable bonds is 7. The van der Waals surface area contributed by atoms with Crippen LogP contribution in [-0.2, 0) is 11.2 Å². The van der Waals surface area contributed by atoms with Gasteiger partial charge in [-0.2, -0.15) is 0 Å². The number of carbonyl (C=O) groups is 2. The van der Waals surface area contributed by atoms with Crippen molar-refractivity contribution in [2.45, 2.75) is 12.5 Å². The van der Waals surface area contributed by atoms with Crippen LogP contribution < -0.4 is 23.7 Å². The standard InChI is InChI=1S/C28H27NO8/c1-32-24-12-18-10-11-29(27(30)19-6-9-23-26(13-19)37-16-36-23)22(21(18)14-25(24)33-2)15-35-20-7-4-17(5-8-20)28(31)34-3/h4-9,12-14,22H,10-11,15-16H2,1-3H3/t22-/m0/s1. The molecule has 0 unspecified atom stereocenters. The topological polar surface area (TPSA) is 92.8 Å². The van der Waals surface area contributed by atoms with Gasteiger partial charge in [0, 0.05) is 12.1 Å². The molecule has 9 nitrogen and oxygen atoms in total. The van der Waals surface area contributed by atoms with Crippen LogP contribution in [0.15, 0.2) is 54.6 Å². The molecule has 0 fully saturated rings. The van der Waals surface area contributed by atoms with Gasteiger partial charge in [0.2, 0.25) is 6.79 Å². The fourth-order valence-corrected chi connectivity index (χ4v) is 4.63. The minimum atomic E-state index is -0.422. The predicted molar refractivity (Wildman–Crippen MR) is 133 cm³/mol. The number of benzene rings is 3. The van der Waals surface area contributed by atoms with Crippen LogP contribution in [-0.4, -0.2) is 58.1 Å². The third-order valence-electron chi connectivity index (χ3n) is 6.57. The van der Waals surface area contributed by atoms with Gasteiger partial charge in [0.05, 0.1) is 32.9 Å². The normalized spacial score (nSPS) is 15.5. The number of carbonyl (C=O) groups excluding carboxylic acids is 2. The van der Waals surface area contributed by atoms with Crippen molar-refractivity contribution < 1.29 is 38.0 Å². The van der Waals surface area contributed by atoms with Crippen LogP contribution in [0, 0.1) is 0 Å². The van der Waals surface area contributed by atoms with Gasteiger partial charge in [0.15, 0.2) is 23.0 Å². The molecule has 3 aromatic carbocycles. The van der Waals surface area contributed by atoms with E-state index in [-0.39, 0.29) is 19.3 Å². The number of hydrogen-bond donors (Lipinski definition) is 0. The lowest BCUT2D eigenvalue weighted by Crippen LogP contribution is -2.42. The zero-order valence-corrected chi connectivity index (χ0v) is 20.8. The number of hydrogen-bond acceptors (Lipinski definition) is 8. The Balaban J connectivity index is 1.46. The zero-order chi connectivity index (χ0) is 25.9. The molecule has 0 N–H and O–H groups in total. The summed E-state index contributed by atoms with van der Waals surface area (Å²) in [7, 11) is 4.51. The minimum absolute atomic E-state index is 0.136. The monoisotopic (exact) mass is 505 g/mol. The summed E-state index contributed by atoms with van der Waals surface area (Å²) in [5.74, 6) is 2.38. The summed E-state index contributed by atoms with van der Waals surface area (Å²) < 4.78 is 32.8. The second-order valence-corrected chi connectivity index (χ2v) is 8.57. The Morgan fingerprint density at radius 3 is 2.32 bits per heavy atom. The number of ether oxygens (including phenoxy) is 6. The second-order valence-electron chi connectivity index (χ2n) is 8.57. The van der Waals surface area contributed by atoms with Gasteiger partial charge in [-0.15, -0.1) is 0 Å². The molecule has 1 atom stereocenters. The fraction of sp³-hybridized carbons (Fsp3) is 0.286. The van der Waals surface area contributed by atoms with Gasteiger partial charge in [0.25, 0.3) is 5.91 Å². The smallest absolute Gasteiger partial charge is 0.337 e. The zero-order valence-electron chi connectivity index (χ0n) is 20.8. The Hall–Kier alpha value is -4.40. The van der Waals surface area contributed by atoms with Crippen LogP contribution in [0.4, 0.5) is 0 Å². The molecule has 192 valence electrons. The van der Waals surface area contributed by atoms with Gasteiger partial charge < -0.3 is 33.3 Å². The summed E-state index contributed by atoms with van der Waals surface area (Å²) in [5.41, 5.74) is 2.90. The van der Waals surface area contributed by atoms with Crippen LogP contribution in [0.25, 0.3) is 0 Å². The molecule has 2 heterocycles. The van der Waals surface area contributed by atoms with E-state index in [1.165, 1.54) is 7.11 Å². The Morgan fingerprint density at radius 2 is 1.59 bits per heavy atom. The van der Waals surface area contributed by atoms with Crippen molar-refractivity contribution in [1.82, 2.24) is 4.90 Å². The van der Waals surface area contributed by atoms with Gasteiger partial charge in [-0.3, -0.25) is 4.79 Å². The average molecular weight is 506 g/mol. The molecule has 0 radical (unpaired) electrons. The lowest BCUT2D eigenvalue weighted by molar-refractivity contribution is 0.0582.